The molecule has 4 amide bonds. The van der Waals surface area contributed by atoms with Gasteiger partial charge in [-0.25, -0.2) is 0 Å². The second-order valence-corrected chi connectivity index (χ2v) is 15.2. The number of benzene rings is 2. The Morgan fingerprint density at radius 2 is 0.926 bits per heavy atom. The molecular formula is C44H64N4O6. The maximum atomic E-state index is 13.2. The fourth-order valence-corrected chi connectivity index (χ4v) is 6.83. The molecule has 2 heterocycles. The third-order valence-electron chi connectivity index (χ3n) is 9.96. The molecule has 4 rings (SSSR count). The molecule has 0 unspecified atom stereocenters. The quantitative estimate of drug-likeness (QED) is 0.312. The van der Waals surface area contributed by atoms with Crippen molar-refractivity contribution in [2.24, 2.45) is 11.8 Å². The topological polar surface area (TPSA) is 117 Å². The Morgan fingerprint density at radius 1 is 0.593 bits per heavy atom. The summed E-state index contributed by atoms with van der Waals surface area (Å²) in [4.78, 5) is 55.3. The van der Waals surface area contributed by atoms with Gasteiger partial charge >= 0.3 is 0 Å². The highest BCUT2D eigenvalue weighted by molar-refractivity contribution is 6.00. The zero-order valence-electron chi connectivity index (χ0n) is 34.1. The zero-order chi connectivity index (χ0) is 39.9. The van der Waals surface area contributed by atoms with Crippen molar-refractivity contribution in [1.29, 1.82) is 0 Å². The minimum Gasteiger partial charge on any atom is -0.490 e. The number of ether oxygens (including phenoxy) is 2. The summed E-state index contributed by atoms with van der Waals surface area (Å²) in [6, 6.07) is 13.5. The van der Waals surface area contributed by atoms with Gasteiger partial charge in [-0.1, -0.05) is 90.1 Å². The van der Waals surface area contributed by atoms with E-state index in [4.69, 9.17) is 9.47 Å². The number of fused-ring (bicyclic) bond motifs is 2. The first-order valence-corrected chi connectivity index (χ1v) is 19.7. The summed E-state index contributed by atoms with van der Waals surface area (Å²) in [5.41, 5.74) is 0.969. The van der Waals surface area contributed by atoms with Crippen molar-refractivity contribution in [1.82, 2.24) is 20.4 Å². The molecular weight excluding hydrogens is 681 g/mol. The number of nitrogens with one attached hydrogen (secondary N) is 2. The number of hydrogen-bond acceptors (Lipinski definition) is 6. The van der Waals surface area contributed by atoms with Crippen molar-refractivity contribution < 1.29 is 28.7 Å². The Morgan fingerprint density at radius 3 is 1.26 bits per heavy atom. The van der Waals surface area contributed by atoms with Crippen molar-refractivity contribution in [3.8, 4) is 11.5 Å². The van der Waals surface area contributed by atoms with Gasteiger partial charge in [0.05, 0.1) is 23.3 Å². The Bertz CT molecular complexity index is 1490. The van der Waals surface area contributed by atoms with Gasteiger partial charge in [0.2, 0.25) is 11.8 Å². The first-order chi connectivity index (χ1) is 25.7. The summed E-state index contributed by atoms with van der Waals surface area (Å²) in [5.74, 6) is 0.483. The van der Waals surface area contributed by atoms with Crippen LogP contribution in [0.5, 0.6) is 11.5 Å². The van der Waals surface area contributed by atoms with E-state index in [0.717, 1.165) is 38.5 Å². The largest absolute Gasteiger partial charge is 0.490 e. The van der Waals surface area contributed by atoms with Crippen LogP contribution in [0.15, 0.2) is 72.8 Å². The van der Waals surface area contributed by atoms with E-state index in [0.29, 0.717) is 22.6 Å². The third-order valence-corrected chi connectivity index (χ3v) is 9.96. The zero-order valence-corrected chi connectivity index (χ0v) is 34.1. The van der Waals surface area contributed by atoms with E-state index in [1.54, 1.807) is 36.0 Å². The lowest BCUT2D eigenvalue weighted by atomic mass is 9.99. The number of rotatable bonds is 4. The molecule has 2 aromatic rings. The molecule has 2 aromatic carbocycles. The van der Waals surface area contributed by atoms with Crippen molar-refractivity contribution in [2.75, 3.05) is 14.1 Å². The molecule has 10 heteroatoms. The summed E-state index contributed by atoms with van der Waals surface area (Å²) in [6.45, 7) is 16.0. The van der Waals surface area contributed by atoms with E-state index in [9.17, 15) is 19.2 Å². The van der Waals surface area contributed by atoms with Crippen LogP contribution in [0.2, 0.25) is 0 Å². The fourth-order valence-electron chi connectivity index (χ4n) is 6.83. The van der Waals surface area contributed by atoms with Crippen LogP contribution in [0, 0.1) is 11.8 Å². The summed E-state index contributed by atoms with van der Waals surface area (Å²) in [6.07, 6.45) is 13.0. The van der Waals surface area contributed by atoms with E-state index in [1.165, 1.54) is 0 Å². The Balaban J connectivity index is 0.000000290. The molecule has 2 N–H and O–H groups in total. The molecule has 2 aliphatic heterocycles. The molecule has 296 valence electrons. The van der Waals surface area contributed by atoms with Crippen LogP contribution in [0.25, 0.3) is 0 Å². The van der Waals surface area contributed by atoms with E-state index in [1.807, 2.05) is 77.9 Å². The minimum absolute atomic E-state index is 0.00749. The lowest BCUT2D eigenvalue weighted by Crippen LogP contribution is -2.52. The maximum Gasteiger partial charge on any atom is 0.258 e. The lowest BCUT2D eigenvalue weighted by Gasteiger charge is -2.32. The molecule has 0 spiro atoms. The van der Waals surface area contributed by atoms with E-state index < -0.39 is 12.1 Å². The average Bonchev–Trinajstić information content (AvgIpc) is 3.13. The normalized spacial score (nSPS) is 26.0. The van der Waals surface area contributed by atoms with Gasteiger partial charge in [0.25, 0.3) is 11.8 Å². The van der Waals surface area contributed by atoms with Crippen LogP contribution in [-0.4, -0.2) is 83.9 Å². The summed E-state index contributed by atoms with van der Waals surface area (Å²) in [7, 11) is 3.39. The molecule has 10 nitrogen and oxygen atoms in total. The van der Waals surface area contributed by atoms with Gasteiger partial charge in [-0.05, 0) is 75.6 Å². The molecule has 0 aliphatic carbocycles. The fraction of sp³-hybridized carbons (Fsp3) is 0.545. The van der Waals surface area contributed by atoms with Crippen molar-refractivity contribution in [3.63, 3.8) is 0 Å². The van der Waals surface area contributed by atoms with Gasteiger partial charge in [-0.2, -0.15) is 0 Å². The number of para-hydroxylation sites is 2. The number of amides is 4. The smallest absolute Gasteiger partial charge is 0.258 e. The second kappa shape index (κ2) is 21.3. The number of nitrogens with zero attached hydrogens (tertiary/aromatic N) is 2. The lowest BCUT2D eigenvalue weighted by molar-refractivity contribution is -0.128. The van der Waals surface area contributed by atoms with Crippen LogP contribution in [0.4, 0.5) is 0 Å². The SMILES string of the molecule is CC[C@H]1C/C=C/C[C@@H](C)Oc2ccccc2C(=O)N(C)[C@@H](C(C)C)C(=O)N1.CC[C@H]1C/C=C\C[C@@H](C)Oc2ccccc2C(=O)N(C)[C@@H](C(C)C)C(=O)N1. The van der Waals surface area contributed by atoms with Crippen molar-refractivity contribution in [3.05, 3.63) is 84.0 Å². The molecule has 6 atom stereocenters. The van der Waals surface area contributed by atoms with Crippen LogP contribution < -0.4 is 20.1 Å². The minimum atomic E-state index is -0.538. The van der Waals surface area contributed by atoms with E-state index >= 15 is 0 Å². The first kappa shape index (κ1) is 43.8. The molecule has 2 aliphatic rings. The van der Waals surface area contributed by atoms with Crippen molar-refractivity contribution >= 4 is 23.6 Å². The maximum absolute atomic E-state index is 13.2. The third kappa shape index (κ3) is 12.2. The van der Waals surface area contributed by atoms with Gasteiger partial charge in [-0.3, -0.25) is 19.2 Å². The molecule has 0 aromatic heterocycles. The van der Waals surface area contributed by atoms with Gasteiger partial charge in [0.1, 0.15) is 23.6 Å². The van der Waals surface area contributed by atoms with Crippen LogP contribution >= 0.6 is 0 Å². The first-order valence-electron chi connectivity index (χ1n) is 19.7. The average molecular weight is 745 g/mol. The highest BCUT2D eigenvalue weighted by Gasteiger charge is 2.34. The Labute approximate surface area is 323 Å². The Kier molecular flexibility index (Phi) is 17.3. The second-order valence-electron chi connectivity index (χ2n) is 15.2. The Hall–Kier alpha value is -4.60. The van der Waals surface area contributed by atoms with Crippen LogP contribution in [0.3, 0.4) is 0 Å². The molecule has 0 saturated carbocycles. The highest BCUT2D eigenvalue weighted by Crippen LogP contribution is 2.26. The molecule has 0 radical (unpaired) electrons. The number of carbonyl (C=O) groups excluding carboxylic acids is 4. The standard InChI is InChI=1S/2C22H32N2O3/c2*1-6-17-12-8-7-11-16(4)27-19-14-10-9-13-18(19)22(26)24(5)20(15(2)3)21(25)23-17/h2*7-10,13-17,20H,6,11-12H2,1-5H3,(H,23,25)/b8-7+;8-7-/t2*16-,17+,20+/m11/s1. The molecule has 54 heavy (non-hydrogen) atoms. The molecule has 0 bridgehead atoms. The number of likely N-dealkylation sites (N-methyl/N-ethyl adjacent to an activating group) is 2. The predicted molar refractivity (Wildman–Crippen MR) is 216 cm³/mol. The number of carbonyl (C=O) groups is 4. The van der Waals surface area contributed by atoms with Gasteiger partial charge in [-0.15, -0.1) is 0 Å². The summed E-state index contributed by atoms with van der Waals surface area (Å²) < 4.78 is 12.1. The molecule has 0 saturated heterocycles. The van der Waals surface area contributed by atoms with Gasteiger partial charge in [0.15, 0.2) is 0 Å². The summed E-state index contributed by atoms with van der Waals surface area (Å²) >= 11 is 0. The highest BCUT2D eigenvalue weighted by atomic mass is 16.5. The van der Waals surface area contributed by atoms with E-state index in [2.05, 4.69) is 48.8 Å². The number of hydrogen-bond donors (Lipinski definition) is 2. The molecule has 0 fully saturated rings. The predicted octanol–water partition coefficient (Wildman–Crippen LogP) is 7.59. The van der Waals surface area contributed by atoms with E-state index in [-0.39, 0.29) is 59.8 Å². The van der Waals surface area contributed by atoms with Crippen molar-refractivity contribution in [2.45, 2.75) is 130 Å². The van der Waals surface area contributed by atoms with Crippen LogP contribution in [-0.2, 0) is 9.59 Å². The van der Waals surface area contributed by atoms with Crippen LogP contribution in [0.1, 0.15) is 115 Å². The van der Waals surface area contributed by atoms with Gasteiger partial charge in [0, 0.05) is 39.0 Å². The summed E-state index contributed by atoms with van der Waals surface area (Å²) in [5, 5.41) is 6.25. The monoisotopic (exact) mass is 744 g/mol. The van der Waals surface area contributed by atoms with Gasteiger partial charge < -0.3 is 29.9 Å².